The fourth-order valence-corrected chi connectivity index (χ4v) is 4.06. The first-order valence-corrected chi connectivity index (χ1v) is 11.5. The molecule has 35 heavy (non-hydrogen) atoms. The Hall–Kier alpha value is -3.74. The zero-order chi connectivity index (χ0) is 25.4. The number of carbonyl (C=O) groups is 2. The molecular formula is C28H29FN2O4. The lowest BCUT2D eigenvalue weighted by atomic mass is 9.90. The van der Waals surface area contributed by atoms with E-state index in [2.05, 4.69) is 0 Å². The molecule has 0 spiro atoms. The molecule has 3 aromatic rings. The minimum Gasteiger partial charge on any atom is -0.443 e. The summed E-state index contributed by atoms with van der Waals surface area (Å²) in [5, 5.41) is 0. The number of para-hydroxylation sites is 1. The largest absolute Gasteiger partial charge is 0.443 e. The van der Waals surface area contributed by atoms with Gasteiger partial charge in [0.2, 0.25) is 0 Å². The smallest absolute Gasteiger partial charge is 0.414 e. The maximum Gasteiger partial charge on any atom is 0.414 e. The molecule has 0 saturated heterocycles. The number of esters is 1. The van der Waals surface area contributed by atoms with E-state index in [-0.39, 0.29) is 11.5 Å². The summed E-state index contributed by atoms with van der Waals surface area (Å²) in [7, 11) is 0. The number of aromatic nitrogens is 1. The van der Waals surface area contributed by atoms with Crippen LogP contribution in [0, 0.1) is 5.82 Å². The minimum atomic E-state index is -0.659. The summed E-state index contributed by atoms with van der Waals surface area (Å²) in [4.78, 5) is 32.6. The monoisotopic (exact) mass is 476 g/mol. The molecule has 182 valence electrons. The molecule has 0 atom stereocenters. The van der Waals surface area contributed by atoms with Crippen LogP contribution in [0.1, 0.15) is 61.9 Å². The van der Waals surface area contributed by atoms with Gasteiger partial charge in [0.05, 0.1) is 11.4 Å². The zero-order valence-corrected chi connectivity index (χ0v) is 20.6. The first kappa shape index (κ1) is 24.4. The van der Waals surface area contributed by atoms with Crippen LogP contribution in [0.25, 0.3) is 0 Å². The van der Waals surface area contributed by atoms with Crippen molar-refractivity contribution in [3.05, 3.63) is 89.0 Å². The molecule has 0 aliphatic carbocycles. The Balaban J connectivity index is 1.79. The number of benzene rings is 2. The van der Waals surface area contributed by atoms with E-state index in [0.717, 1.165) is 5.56 Å². The summed E-state index contributed by atoms with van der Waals surface area (Å²) >= 11 is 0. The molecule has 0 fully saturated rings. The number of rotatable bonds is 4. The number of anilines is 1. The summed E-state index contributed by atoms with van der Waals surface area (Å²) < 4.78 is 24.7. The Labute approximate surface area is 204 Å². The third-order valence-corrected chi connectivity index (χ3v) is 5.64. The molecule has 6 nitrogen and oxygen atoms in total. The van der Waals surface area contributed by atoms with Crippen LogP contribution in [0.4, 0.5) is 14.9 Å². The second kappa shape index (κ2) is 9.13. The molecule has 1 aliphatic heterocycles. The van der Waals surface area contributed by atoms with Gasteiger partial charge in [-0.05, 0) is 68.7 Å². The number of ether oxygens (including phenoxy) is 2. The van der Waals surface area contributed by atoms with Crippen molar-refractivity contribution in [3.8, 4) is 5.75 Å². The van der Waals surface area contributed by atoms with Gasteiger partial charge in [0.1, 0.15) is 17.2 Å². The van der Waals surface area contributed by atoms with Gasteiger partial charge in [0.25, 0.3) is 0 Å². The van der Waals surface area contributed by atoms with E-state index in [0.29, 0.717) is 35.7 Å². The van der Waals surface area contributed by atoms with Crippen molar-refractivity contribution in [3.63, 3.8) is 0 Å². The van der Waals surface area contributed by atoms with Crippen molar-refractivity contribution >= 4 is 17.7 Å². The molecule has 2 heterocycles. The number of pyridine rings is 1. The number of amides is 1. The number of hydrogen-bond donors (Lipinski definition) is 0. The molecule has 0 N–H and O–H groups in total. The lowest BCUT2D eigenvalue weighted by Gasteiger charge is -2.25. The number of halogens is 1. The highest BCUT2D eigenvalue weighted by Crippen LogP contribution is 2.41. The van der Waals surface area contributed by atoms with Crippen molar-refractivity contribution in [2.75, 3.05) is 11.4 Å². The van der Waals surface area contributed by atoms with Gasteiger partial charge in [0.15, 0.2) is 5.69 Å². The van der Waals surface area contributed by atoms with E-state index in [1.54, 1.807) is 47.4 Å². The average molecular weight is 477 g/mol. The van der Waals surface area contributed by atoms with Crippen LogP contribution < -0.4 is 9.64 Å². The average Bonchev–Trinajstić information content (AvgIpc) is 3.04. The second-order valence-corrected chi connectivity index (χ2v) is 10.3. The third-order valence-electron chi connectivity index (χ3n) is 5.64. The fourth-order valence-electron chi connectivity index (χ4n) is 4.06. The molecule has 7 heteroatoms. The molecule has 0 saturated carbocycles. The van der Waals surface area contributed by atoms with E-state index < -0.39 is 23.1 Å². The molecule has 1 amide bonds. The van der Waals surface area contributed by atoms with E-state index in [1.165, 1.54) is 12.1 Å². The molecule has 0 bridgehead atoms. The van der Waals surface area contributed by atoms with Crippen LogP contribution in [0.3, 0.4) is 0 Å². The maximum atomic E-state index is 13.5. The number of hydrogen-bond acceptors (Lipinski definition) is 5. The number of carbonyl (C=O) groups excluding carboxylic acids is 2. The molecule has 1 aliphatic rings. The Kier molecular flexibility index (Phi) is 6.36. The topological polar surface area (TPSA) is 68.7 Å². The van der Waals surface area contributed by atoms with Gasteiger partial charge in [-0.15, -0.1) is 0 Å². The van der Waals surface area contributed by atoms with Crippen molar-refractivity contribution in [1.82, 2.24) is 4.98 Å². The molecule has 1 aromatic heterocycles. The third kappa shape index (κ3) is 5.50. The van der Waals surface area contributed by atoms with Crippen LogP contribution in [-0.4, -0.2) is 29.2 Å². The Bertz CT molecular complexity index is 1250. The van der Waals surface area contributed by atoms with Crippen LogP contribution in [-0.2, 0) is 16.6 Å². The molecule has 0 radical (unpaired) electrons. The molecular weight excluding hydrogens is 447 g/mol. The number of fused-ring (bicyclic) bond motifs is 1. The quantitative estimate of drug-likeness (QED) is 0.338. The van der Waals surface area contributed by atoms with Crippen molar-refractivity contribution in [2.45, 2.75) is 52.1 Å². The highest BCUT2D eigenvalue weighted by atomic mass is 19.1. The fraction of sp³-hybridized carbons (Fsp3) is 0.321. The first-order valence-electron chi connectivity index (χ1n) is 11.5. The molecule has 4 rings (SSSR count). The first-order chi connectivity index (χ1) is 16.4. The molecule has 2 aromatic carbocycles. The van der Waals surface area contributed by atoms with Gasteiger partial charge in [0, 0.05) is 12.0 Å². The normalized spacial score (nSPS) is 14.4. The maximum absolute atomic E-state index is 13.5. The summed E-state index contributed by atoms with van der Waals surface area (Å²) in [6, 6.07) is 16.6. The highest BCUT2D eigenvalue weighted by molar-refractivity contribution is 5.95. The predicted octanol–water partition coefficient (Wildman–Crippen LogP) is 6.06. The summed E-state index contributed by atoms with van der Waals surface area (Å²) in [5.74, 6) is -0.535. The van der Waals surface area contributed by atoms with Gasteiger partial charge in [-0.2, -0.15) is 0 Å². The van der Waals surface area contributed by atoms with E-state index in [4.69, 9.17) is 14.5 Å². The van der Waals surface area contributed by atoms with Gasteiger partial charge >= 0.3 is 12.1 Å². The van der Waals surface area contributed by atoms with Gasteiger partial charge in [-0.1, -0.05) is 44.2 Å². The van der Waals surface area contributed by atoms with Gasteiger partial charge < -0.3 is 9.47 Å². The minimum absolute atomic E-state index is 0.163. The standard InChI is InChI=1S/C28H29FN2O4/c1-27(2,3)35-26(33)31-17-28(4,5)24-22(31)16-19(15-18-11-13-20(29)14-12-18)23(30-24)25(32)34-21-9-7-6-8-10-21/h6-14,16H,15,17H2,1-5H3. The number of nitrogens with zero attached hydrogens (tertiary/aromatic N) is 2. The van der Waals surface area contributed by atoms with E-state index in [9.17, 15) is 14.0 Å². The molecule has 0 unspecified atom stereocenters. The van der Waals surface area contributed by atoms with Crippen LogP contribution >= 0.6 is 0 Å². The SMILES string of the molecule is CC(C)(C)OC(=O)N1CC(C)(C)c2nc(C(=O)Oc3ccccc3)c(Cc3ccc(F)cc3)cc21. The predicted molar refractivity (Wildman–Crippen MR) is 131 cm³/mol. The lowest BCUT2D eigenvalue weighted by Crippen LogP contribution is -2.38. The van der Waals surface area contributed by atoms with Crippen LogP contribution in [0.5, 0.6) is 5.75 Å². The summed E-state index contributed by atoms with van der Waals surface area (Å²) in [5.41, 5.74) is 1.57. The van der Waals surface area contributed by atoms with Crippen molar-refractivity contribution in [1.29, 1.82) is 0 Å². The van der Waals surface area contributed by atoms with Crippen molar-refractivity contribution in [2.24, 2.45) is 0 Å². The van der Waals surface area contributed by atoms with Gasteiger partial charge in [-0.25, -0.2) is 19.0 Å². The Morgan fingerprint density at radius 1 is 1.06 bits per heavy atom. The summed E-state index contributed by atoms with van der Waals surface area (Å²) in [6.07, 6.45) is -0.166. The van der Waals surface area contributed by atoms with Crippen LogP contribution in [0.2, 0.25) is 0 Å². The lowest BCUT2D eigenvalue weighted by molar-refractivity contribution is 0.0578. The van der Waals surface area contributed by atoms with Gasteiger partial charge in [-0.3, -0.25) is 4.90 Å². The zero-order valence-electron chi connectivity index (χ0n) is 20.6. The van der Waals surface area contributed by atoms with E-state index in [1.807, 2.05) is 40.7 Å². The summed E-state index contributed by atoms with van der Waals surface area (Å²) in [6.45, 7) is 9.73. The van der Waals surface area contributed by atoms with Crippen molar-refractivity contribution < 1.29 is 23.5 Å². The Morgan fingerprint density at radius 3 is 2.34 bits per heavy atom. The Morgan fingerprint density at radius 2 is 1.71 bits per heavy atom. The van der Waals surface area contributed by atoms with Crippen LogP contribution in [0.15, 0.2) is 60.7 Å². The second-order valence-electron chi connectivity index (χ2n) is 10.3. The van der Waals surface area contributed by atoms with E-state index >= 15 is 0 Å². The highest BCUT2D eigenvalue weighted by Gasteiger charge is 2.42.